The molecule has 0 saturated carbocycles. The molecule has 2 rings (SSSR count). The smallest absolute Gasteiger partial charge is 0.103 e. The van der Waals surface area contributed by atoms with Gasteiger partial charge in [-0.15, -0.1) is 0 Å². The number of nitrogens with two attached hydrogens (primary N) is 1. The second kappa shape index (κ2) is 5.85. The zero-order chi connectivity index (χ0) is 13.0. The quantitative estimate of drug-likeness (QED) is 0.838. The highest BCUT2D eigenvalue weighted by Crippen LogP contribution is 2.13. The van der Waals surface area contributed by atoms with Crippen LogP contribution in [0, 0.1) is 0 Å². The average Bonchev–Trinajstić information content (AvgIpc) is 2.38. The van der Waals surface area contributed by atoms with Gasteiger partial charge in [-0.05, 0) is 42.0 Å². The van der Waals surface area contributed by atoms with E-state index in [0.29, 0.717) is 4.99 Å². The highest BCUT2D eigenvalue weighted by molar-refractivity contribution is 7.80. The van der Waals surface area contributed by atoms with E-state index in [9.17, 15) is 0 Å². The number of hydrogen-bond donors (Lipinski definition) is 2. The fourth-order valence-electron chi connectivity index (χ4n) is 1.56. The van der Waals surface area contributed by atoms with Gasteiger partial charge in [0.25, 0.3) is 0 Å². The molecular weight excluding hydrogens is 264 g/mol. The Morgan fingerprint density at radius 3 is 2.22 bits per heavy atom. The van der Waals surface area contributed by atoms with E-state index < -0.39 is 0 Å². The topological polar surface area (TPSA) is 38.0 Å². The van der Waals surface area contributed by atoms with Crippen LogP contribution in [0.25, 0.3) is 0 Å². The molecule has 0 amide bonds. The maximum Gasteiger partial charge on any atom is 0.103 e. The van der Waals surface area contributed by atoms with Gasteiger partial charge in [0, 0.05) is 22.8 Å². The SMILES string of the molecule is NC(=S)c1ccc(NCc2ccc(Cl)cc2)cc1. The Balaban J connectivity index is 1.97. The van der Waals surface area contributed by atoms with Crippen LogP contribution in [0.5, 0.6) is 0 Å². The van der Waals surface area contributed by atoms with Crippen LogP contribution >= 0.6 is 23.8 Å². The van der Waals surface area contributed by atoms with Gasteiger partial charge in [0.1, 0.15) is 4.99 Å². The normalized spacial score (nSPS) is 10.1. The first-order chi connectivity index (χ1) is 8.65. The van der Waals surface area contributed by atoms with Crippen molar-refractivity contribution in [3.8, 4) is 0 Å². The number of nitrogens with one attached hydrogen (secondary N) is 1. The van der Waals surface area contributed by atoms with Crippen molar-refractivity contribution in [1.82, 2.24) is 0 Å². The summed E-state index contributed by atoms with van der Waals surface area (Å²) in [5.41, 5.74) is 8.63. The first kappa shape index (κ1) is 12.9. The third-order valence-electron chi connectivity index (χ3n) is 2.58. The molecule has 0 heterocycles. The van der Waals surface area contributed by atoms with Gasteiger partial charge >= 0.3 is 0 Å². The summed E-state index contributed by atoms with van der Waals surface area (Å²) in [6.45, 7) is 0.754. The average molecular weight is 277 g/mol. The molecule has 0 spiro atoms. The molecule has 2 nitrogen and oxygen atoms in total. The third-order valence-corrected chi connectivity index (χ3v) is 3.07. The second-order valence-electron chi connectivity index (χ2n) is 3.92. The van der Waals surface area contributed by atoms with Crippen molar-refractivity contribution in [3.05, 3.63) is 64.7 Å². The highest BCUT2D eigenvalue weighted by atomic mass is 35.5. The van der Waals surface area contributed by atoms with E-state index in [1.165, 1.54) is 5.56 Å². The zero-order valence-electron chi connectivity index (χ0n) is 9.69. The predicted octanol–water partition coefficient (Wildman–Crippen LogP) is 3.59. The van der Waals surface area contributed by atoms with Crippen LogP contribution in [0.2, 0.25) is 5.02 Å². The van der Waals surface area contributed by atoms with E-state index in [1.807, 2.05) is 48.5 Å². The van der Waals surface area contributed by atoms with Crippen molar-refractivity contribution >= 4 is 34.5 Å². The van der Waals surface area contributed by atoms with E-state index in [0.717, 1.165) is 22.8 Å². The van der Waals surface area contributed by atoms with Crippen LogP contribution in [0.4, 0.5) is 5.69 Å². The minimum Gasteiger partial charge on any atom is -0.389 e. The van der Waals surface area contributed by atoms with E-state index >= 15 is 0 Å². The summed E-state index contributed by atoms with van der Waals surface area (Å²) in [5, 5.41) is 4.07. The third kappa shape index (κ3) is 3.45. The molecule has 0 bridgehead atoms. The Bertz CT molecular complexity index is 535. The zero-order valence-corrected chi connectivity index (χ0v) is 11.3. The van der Waals surface area contributed by atoms with Crippen LogP contribution in [-0.4, -0.2) is 4.99 Å². The number of benzene rings is 2. The Hall–Kier alpha value is -1.58. The Kier molecular flexibility index (Phi) is 4.18. The number of hydrogen-bond acceptors (Lipinski definition) is 2. The highest BCUT2D eigenvalue weighted by Gasteiger charge is 1.97. The monoisotopic (exact) mass is 276 g/mol. The van der Waals surface area contributed by atoms with E-state index in [2.05, 4.69) is 5.32 Å². The van der Waals surface area contributed by atoms with Gasteiger partial charge < -0.3 is 11.1 Å². The second-order valence-corrected chi connectivity index (χ2v) is 4.80. The van der Waals surface area contributed by atoms with Crippen molar-refractivity contribution in [3.63, 3.8) is 0 Å². The summed E-state index contributed by atoms with van der Waals surface area (Å²) in [7, 11) is 0. The maximum atomic E-state index is 5.83. The van der Waals surface area contributed by atoms with Crippen LogP contribution in [0.3, 0.4) is 0 Å². The molecular formula is C14H13ClN2S. The van der Waals surface area contributed by atoms with Gasteiger partial charge in [0.2, 0.25) is 0 Å². The van der Waals surface area contributed by atoms with E-state index in [1.54, 1.807) is 0 Å². The Morgan fingerprint density at radius 2 is 1.67 bits per heavy atom. The van der Waals surface area contributed by atoms with Crippen LogP contribution < -0.4 is 11.1 Å². The van der Waals surface area contributed by atoms with Gasteiger partial charge in [0.05, 0.1) is 0 Å². The minimum absolute atomic E-state index is 0.416. The van der Waals surface area contributed by atoms with Crippen LogP contribution in [0.15, 0.2) is 48.5 Å². The molecule has 0 aliphatic heterocycles. The van der Waals surface area contributed by atoms with Crippen molar-refractivity contribution in [2.24, 2.45) is 5.73 Å². The number of thiocarbonyl (C=S) groups is 1. The van der Waals surface area contributed by atoms with Gasteiger partial charge in [-0.25, -0.2) is 0 Å². The molecule has 0 aliphatic rings. The summed E-state index contributed by atoms with van der Waals surface area (Å²) < 4.78 is 0. The minimum atomic E-state index is 0.416. The fraction of sp³-hybridized carbons (Fsp3) is 0.0714. The molecule has 0 unspecified atom stereocenters. The molecule has 0 radical (unpaired) electrons. The molecule has 0 fully saturated rings. The van der Waals surface area contributed by atoms with Crippen LogP contribution in [0.1, 0.15) is 11.1 Å². The molecule has 92 valence electrons. The lowest BCUT2D eigenvalue weighted by Crippen LogP contribution is -2.09. The molecule has 0 aromatic heterocycles. The lowest BCUT2D eigenvalue weighted by molar-refractivity contribution is 1.15. The summed E-state index contributed by atoms with van der Waals surface area (Å²) >= 11 is 10.7. The summed E-state index contributed by atoms with van der Waals surface area (Å²) in [5.74, 6) is 0. The predicted molar refractivity (Wildman–Crippen MR) is 81.1 cm³/mol. The summed E-state index contributed by atoms with van der Waals surface area (Å²) in [4.78, 5) is 0.416. The fourth-order valence-corrected chi connectivity index (χ4v) is 1.82. The number of rotatable bonds is 4. The molecule has 0 atom stereocenters. The van der Waals surface area contributed by atoms with Crippen molar-refractivity contribution in [2.75, 3.05) is 5.32 Å². The summed E-state index contributed by atoms with van der Waals surface area (Å²) in [6, 6.07) is 15.5. The van der Waals surface area contributed by atoms with Gasteiger partial charge in [0.15, 0.2) is 0 Å². The molecule has 18 heavy (non-hydrogen) atoms. The van der Waals surface area contributed by atoms with E-state index in [4.69, 9.17) is 29.6 Å². The molecule has 2 aromatic carbocycles. The molecule has 0 saturated heterocycles. The van der Waals surface area contributed by atoms with Gasteiger partial charge in [-0.2, -0.15) is 0 Å². The van der Waals surface area contributed by atoms with Crippen molar-refractivity contribution < 1.29 is 0 Å². The van der Waals surface area contributed by atoms with Crippen molar-refractivity contribution in [2.45, 2.75) is 6.54 Å². The molecule has 0 aliphatic carbocycles. The van der Waals surface area contributed by atoms with E-state index in [-0.39, 0.29) is 0 Å². The van der Waals surface area contributed by atoms with Crippen molar-refractivity contribution in [1.29, 1.82) is 0 Å². The largest absolute Gasteiger partial charge is 0.389 e. The molecule has 3 N–H and O–H groups in total. The van der Waals surface area contributed by atoms with Crippen LogP contribution in [-0.2, 0) is 6.54 Å². The van der Waals surface area contributed by atoms with Gasteiger partial charge in [-0.1, -0.05) is 36.0 Å². The molecule has 2 aromatic rings. The van der Waals surface area contributed by atoms with Gasteiger partial charge in [-0.3, -0.25) is 0 Å². The Morgan fingerprint density at radius 1 is 1.06 bits per heavy atom. The lowest BCUT2D eigenvalue weighted by Gasteiger charge is -2.07. The number of halogens is 1. The lowest BCUT2D eigenvalue weighted by atomic mass is 10.2. The first-order valence-electron chi connectivity index (χ1n) is 5.53. The maximum absolute atomic E-state index is 5.83. The number of anilines is 1. The summed E-state index contributed by atoms with van der Waals surface area (Å²) in [6.07, 6.45) is 0. The Labute approximate surface area is 117 Å². The first-order valence-corrected chi connectivity index (χ1v) is 6.32. The molecule has 4 heteroatoms. The standard InChI is InChI=1S/C14H13ClN2S/c15-12-5-1-10(2-6-12)9-17-13-7-3-11(4-8-13)14(16)18/h1-8,17H,9H2,(H2,16,18).